The van der Waals surface area contributed by atoms with Gasteiger partial charge < -0.3 is 4.74 Å². The maximum Gasteiger partial charge on any atom is 0.108 e. The van der Waals surface area contributed by atoms with E-state index in [2.05, 4.69) is 11.8 Å². The van der Waals surface area contributed by atoms with E-state index >= 15 is 0 Å². The molecule has 0 aliphatic heterocycles. The predicted octanol–water partition coefficient (Wildman–Crippen LogP) is 1.82. The van der Waals surface area contributed by atoms with Crippen molar-refractivity contribution in [3.8, 4) is 11.8 Å². The Morgan fingerprint density at radius 1 is 1.33 bits per heavy atom. The molecule has 9 heavy (non-hydrogen) atoms. The Morgan fingerprint density at radius 3 is 2.44 bits per heavy atom. The van der Waals surface area contributed by atoms with E-state index in [0.29, 0.717) is 12.7 Å². The average Bonchev–Trinajstić information content (AvgIpc) is 1.80. The van der Waals surface area contributed by atoms with Crippen LogP contribution in [0.2, 0.25) is 0 Å². The fourth-order valence-corrected chi connectivity index (χ4v) is 0.384. The average molecular weight is 126 g/mol. The Labute approximate surface area is 57.4 Å². The van der Waals surface area contributed by atoms with E-state index in [1.165, 1.54) is 0 Å². The second kappa shape index (κ2) is 5.65. The van der Waals surface area contributed by atoms with Crippen molar-refractivity contribution >= 4 is 0 Å². The van der Waals surface area contributed by atoms with Crippen LogP contribution in [0, 0.1) is 11.8 Å². The Kier molecular flexibility index (Phi) is 5.35. The summed E-state index contributed by atoms with van der Waals surface area (Å²) in [5, 5.41) is 0. The molecule has 1 heteroatoms. The van der Waals surface area contributed by atoms with Crippen LogP contribution in [0.25, 0.3) is 0 Å². The van der Waals surface area contributed by atoms with Gasteiger partial charge in [-0.2, -0.15) is 0 Å². The van der Waals surface area contributed by atoms with E-state index < -0.39 is 0 Å². The number of rotatable bonds is 2. The van der Waals surface area contributed by atoms with Gasteiger partial charge in [0.2, 0.25) is 0 Å². The maximum absolute atomic E-state index is 5.17. The van der Waals surface area contributed by atoms with Crippen molar-refractivity contribution in [1.82, 2.24) is 0 Å². The zero-order valence-electron chi connectivity index (χ0n) is 6.40. The van der Waals surface area contributed by atoms with Crippen molar-refractivity contribution in [3.05, 3.63) is 0 Å². The number of ether oxygens (including phenoxy) is 1. The van der Waals surface area contributed by atoms with Gasteiger partial charge in [-0.05, 0) is 13.8 Å². The van der Waals surface area contributed by atoms with Gasteiger partial charge in [-0.15, -0.1) is 5.92 Å². The minimum Gasteiger partial charge on any atom is -0.366 e. The molecule has 0 rings (SSSR count). The summed E-state index contributed by atoms with van der Waals surface area (Å²) < 4.78 is 5.17. The van der Waals surface area contributed by atoms with Crippen LogP contribution in [0.15, 0.2) is 0 Å². The first-order chi connectivity index (χ1) is 4.27. The summed E-state index contributed by atoms with van der Waals surface area (Å²) in [6, 6.07) is 0. The first-order valence-electron chi connectivity index (χ1n) is 3.34. The van der Waals surface area contributed by atoms with Crippen LogP contribution in [0.5, 0.6) is 0 Å². The highest BCUT2D eigenvalue weighted by atomic mass is 16.5. The van der Waals surface area contributed by atoms with Gasteiger partial charge in [0.25, 0.3) is 0 Å². The summed E-state index contributed by atoms with van der Waals surface area (Å²) >= 11 is 0. The van der Waals surface area contributed by atoms with Crippen LogP contribution < -0.4 is 0 Å². The lowest BCUT2D eigenvalue weighted by molar-refractivity contribution is 0.107. The van der Waals surface area contributed by atoms with Gasteiger partial charge in [0.05, 0.1) is 6.10 Å². The molecule has 0 bridgehead atoms. The van der Waals surface area contributed by atoms with Gasteiger partial charge in [-0.25, -0.2) is 0 Å². The monoisotopic (exact) mass is 126 g/mol. The van der Waals surface area contributed by atoms with Crippen LogP contribution >= 0.6 is 0 Å². The smallest absolute Gasteiger partial charge is 0.108 e. The molecule has 0 aliphatic carbocycles. The molecule has 0 saturated heterocycles. The topological polar surface area (TPSA) is 9.23 Å². The third-order valence-corrected chi connectivity index (χ3v) is 0.791. The van der Waals surface area contributed by atoms with Crippen molar-refractivity contribution < 1.29 is 4.74 Å². The summed E-state index contributed by atoms with van der Waals surface area (Å²) in [5.41, 5.74) is 0. The third-order valence-electron chi connectivity index (χ3n) is 0.791. The van der Waals surface area contributed by atoms with E-state index in [0.717, 1.165) is 6.42 Å². The molecular formula is C8H14O. The molecule has 0 spiro atoms. The van der Waals surface area contributed by atoms with Gasteiger partial charge in [-0.1, -0.05) is 12.8 Å². The van der Waals surface area contributed by atoms with Gasteiger partial charge in [0, 0.05) is 6.42 Å². The third kappa shape index (κ3) is 7.52. The highest BCUT2D eigenvalue weighted by molar-refractivity contribution is 4.97. The fraction of sp³-hybridized carbons (Fsp3) is 0.750. The minimum atomic E-state index is 0.302. The van der Waals surface area contributed by atoms with E-state index in [1.807, 2.05) is 20.8 Å². The van der Waals surface area contributed by atoms with E-state index in [9.17, 15) is 0 Å². The molecule has 0 radical (unpaired) electrons. The van der Waals surface area contributed by atoms with Crippen LogP contribution in [0.1, 0.15) is 27.2 Å². The second-order valence-corrected chi connectivity index (χ2v) is 2.07. The number of hydrogen-bond acceptors (Lipinski definition) is 1. The molecule has 0 heterocycles. The fourth-order valence-electron chi connectivity index (χ4n) is 0.384. The quantitative estimate of drug-likeness (QED) is 0.513. The van der Waals surface area contributed by atoms with E-state index in [4.69, 9.17) is 4.74 Å². The Bertz CT molecular complexity index is 105. The molecule has 0 fully saturated rings. The van der Waals surface area contributed by atoms with Crippen LogP contribution in [-0.4, -0.2) is 12.7 Å². The summed E-state index contributed by atoms with van der Waals surface area (Å²) in [4.78, 5) is 0. The van der Waals surface area contributed by atoms with Crippen molar-refractivity contribution in [3.63, 3.8) is 0 Å². The summed E-state index contributed by atoms with van der Waals surface area (Å²) in [6.07, 6.45) is 1.22. The minimum absolute atomic E-state index is 0.302. The molecule has 0 atom stereocenters. The lowest BCUT2D eigenvalue weighted by Gasteiger charge is -2.00. The second-order valence-electron chi connectivity index (χ2n) is 2.07. The molecule has 0 aliphatic rings. The Morgan fingerprint density at radius 2 is 2.00 bits per heavy atom. The standard InChI is InChI=1S/C8H14O/c1-4-5-6-7-9-8(2)3/h8H,4,7H2,1-3H3. The highest BCUT2D eigenvalue weighted by Gasteiger charge is 1.86. The van der Waals surface area contributed by atoms with Crippen molar-refractivity contribution in [2.75, 3.05) is 6.61 Å². The molecule has 0 saturated carbocycles. The number of hydrogen-bond donors (Lipinski definition) is 0. The summed E-state index contributed by atoms with van der Waals surface area (Å²) in [5.74, 6) is 5.82. The predicted molar refractivity (Wildman–Crippen MR) is 39.2 cm³/mol. The van der Waals surface area contributed by atoms with Crippen LogP contribution in [0.4, 0.5) is 0 Å². The van der Waals surface area contributed by atoms with E-state index in [1.54, 1.807) is 0 Å². The molecule has 0 N–H and O–H groups in total. The molecule has 0 amide bonds. The lowest BCUT2D eigenvalue weighted by Crippen LogP contribution is -2.01. The Balaban J connectivity index is 3.09. The lowest BCUT2D eigenvalue weighted by atomic mass is 10.4. The maximum atomic E-state index is 5.17. The van der Waals surface area contributed by atoms with Gasteiger partial charge in [0.1, 0.15) is 6.61 Å². The first kappa shape index (κ1) is 8.52. The van der Waals surface area contributed by atoms with Crippen LogP contribution in [-0.2, 0) is 4.74 Å². The highest BCUT2D eigenvalue weighted by Crippen LogP contribution is 1.84. The molecular weight excluding hydrogens is 112 g/mol. The van der Waals surface area contributed by atoms with Gasteiger partial charge in [0.15, 0.2) is 0 Å². The van der Waals surface area contributed by atoms with Crippen LogP contribution in [0.3, 0.4) is 0 Å². The molecule has 1 nitrogen and oxygen atoms in total. The van der Waals surface area contributed by atoms with Gasteiger partial charge >= 0.3 is 0 Å². The van der Waals surface area contributed by atoms with Crippen molar-refractivity contribution in [2.45, 2.75) is 33.3 Å². The molecule has 0 aromatic rings. The van der Waals surface area contributed by atoms with Gasteiger partial charge in [-0.3, -0.25) is 0 Å². The molecule has 0 unspecified atom stereocenters. The van der Waals surface area contributed by atoms with Crippen molar-refractivity contribution in [1.29, 1.82) is 0 Å². The summed E-state index contributed by atoms with van der Waals surface area (Å²) in [6.45, 7) is 6.62. The first-order valence-corrected chi connectivity index (χ1v) is 3.34. The normalized spacial score (nSPS) is 8.89. The summed E-state index contributed by atoms with van der Waals surface area (Å²) in [7, 11) is 0. The zero-order valence-corrected chi connectivity index (χ0v) is 6.40. The Hall–Kier alpha value is -0.480. The van der Waals surface area contributed by atoms with Crippen molar-refractivity contribution in [2.24, 2.45) is 0 Å². The molecule has 52 valence electrons. The van der Waals surface area contributed by atoms with E-state index in [-0.39, 0.29) is 0 Å². The zero-order chi connectivity index (χ0) is 7.11. The molecule has 0 aromatic heterocycles. The SMILES string of the molecule is CCC#CCOC(C)C. The molecule has 0 aromatic carbocycles. The largest absolute Gasteiger partial charge is 0.366 e.